The summed E-state index contributed by atoms with van der Waals surface area (Å²) in [6, 6.07) is 14.1. The lowest BCUT2D eigenvalue weighted by Crippen LogP contribution is -2.27. The van der Waals surface area contributed by atoms with Gasteiger partial charge in [-0.05, 0) is 35.7 Å². The third-order valence-electron chi connectivity index (χ3n) is 3.39. The summed E-state index contributed by atoms with van der Waals surface area (Å²) in [7, 11) is 0. The quantitative estimate of drug-likeness (QED) is 0.882. The molecule has 1 unspecified atom stereocenters. The second-order valence-electron chi connectivity index (χ2n) is 4.66. The second kappa shape index (κ2) is 5.85. The van der Waals surface area contributed by atoms with Gasteiger partial charge in [0.1, 0.15) is 5.82 Å². The number of hydrogen-bond donors (Lipinski definition) is 1. The van der Waals surface area contributed by atoms with E-state index in [1.165, 1.54) is 12.1 Å². The Morgan fingerprint density at radius 2 is 1.84 bits per heavy atom. The Labute approximate surface area is 121 Å². The van der Waals surface area contributed by atoms with Gasteiger partial charge in [-0.15, -0.1) is 0 Å². The van der Waals surface area contributed by atoms with Crippen molar-refractivity contribution in [3.63, 3.8) is 0 Å². The molecular weight excluding hydrogens is 307 g/mol. The number of aliphatic hydroxyl groups is 1. The number of halogens is 2. The fourth-order valence-electron chi connectivity index (χ4n) is 2.17. The molecule has 0 amide bonds. The molecule has 0 aliphatic rings. The van der Waals surface area contributed by atoms with Crippen LogP contribution in [0.2, 0.25) is 0 Å². The molecule has 0 saturated heterocycles. The highest BCUT2D eigenvalue weighted by Gasteiger charge is 2.28. The van der Waals surface area contributed by atoms with Crippen molar-refractivity contribution >= 4 is 15.9 Å². The van der Waals surface area contributed by atoms with E-state index in [4.69, 9.17) is 0 Å². The molecule has 0 aromatic heterocycles. The van der Waals surface area contributed by atoms with Crippen molar-refractivity contribution in [2.24, 2.45) is 0 Å². The highest BCUT2D eigenvalue weighted by molar-refractivity contribution is 9.10. The molecule has 19 heavy (non-hydrogen) atoms. The summed E-state index contributed by atoms with van der Waals surface area (Å²) in [5.41, 5.74) is 0.652. The van der Waals surface area contributed by atoms with E-state index in [0.29, 0.717) is 12.8 Å². The number of benzene rings is 2. The molecule has 0 saturated carbocycles. The first-order chi connectivity index (χ1) is 9.05. The van der Waals surface area contributed by atoms with E-state index in [9.17, 15) is 9.50 Å². The predicted molar refractivity (Wildman–Crippen MR) is 78.4 cm³/mol. The molecule has 1 nitrogen and oxygen atoms in total. The van der Waals surface area contributed by atoms with Gasteiger partial charge in [-0.3, -0.25) is 0 Å². The maximum Gasteiger partial charge on any atom is 0.123 e. The average molecular weight is 323 g/mol. The average Bonchev–Trinajstić information content (AvgIpc) is 2.44. The Morgan fingerprint density at radius 3 is 2.47 bits per heavy atom. The van der Waals surface area contributed by atoms with Crippen LogP contribution in [0, 0.1) is 5.82 Å². The van der Waals surface area contributed by atoms with E-state index < -0.39 is 5.60 Å². The molecule has 3 heteroatoms. The topological polar surface area (TPSA) is 20.2 Å². The van der Waals surface area contributed by atoms with Crippen LogP contribution in [-0.4, -0.2) is 5.11 Å². The number of hydrogen-bond acceptors (Lipinski definition) is 1. The van der Waals surface area contributed by atoms with Crippen LogP contribution >= 0.6 is 15.9 Å². The second-order valence-corrected chi connectivity index (χ2v) is 5.52. The van der Waals surface area contributed by atoms with Gasteiger partial charge in [-0.2, -0.15) is 0 Å². The van der Waals surface area contributed by atoms with Gasteiger partial charge in [0, 0.05) is 10.9 Å². The van der Waals surface area contributed by atoms with Gasteiger partial charge in [0.05, 0.1) is 5.60 Å². The first-order valence-electron chi connectivity index (χ1n) is 6.27. The summed E-state index contributed by atoms with van der Waals surface area (Å²) >= 11 is 3.41. The molecule has 2 aromatic rings. The van der Waals surface area contributed by atoms with Crippen LogP contribution in [0.1, 0.15) is 24.5 Å². The van der Waals surface area contributed by atoms with Crippen molar-refractivity contribution < 1.29 is 9.50 Å². The molecule has 1 atom stereocenters. The minimum atomic E-state index is -0.975. The van der Waals surface area contributed by atoms with E-state index in [-0.39, 0.29) is 5.82 Å². The van der Waals surface area contributed by atoms with Crippen LogP contribution in [0.25, 0.3) is 0 Å². The minimum Gasteiger partial charge on any atom is -0.385 e. The summed E-state index contributed by atoms with van der Waals surface area (Å²) in [6.45, 7) is 1.93. The van der Waals surface area contributed by atoms with Gasteiger partial charge in [-0.1, -0.05) is 53.2 Å². The Morgan fingerprint density at radius 1 is 1.16 bits per heavy atom. The van der Waals surface area contributed by atoms with Crippen molar-refractivity contribution in [3.05, 3.63) is 69.9 Å². The molecule has 1 N–H and O–H groups in total. The van der Waals surface area contributed by atoms with Crippen molar-refractivity contribution in [1.29, 1.82) is 0 Å². The van der Waals surface area contributed by atoms with E-state index in [2.05, 4.69) is 15.9 Å². The van der Waals surface area contributed by atoms with Crippen molar-refractivity contribution in [1.82, 2.24) is 0 Å². The van der Waals surface area contributed by atoms with Gasteiger partial charge in [0.2, 0.25) is 0 Å². The first-order valence-corrected chi connectivity index (χ1v) is 7.06. The van der Waals surface area contributed by atoms with Gasteiger partial charge in [0.15, 0.2) is 0 Å². The summed E-state index contributed by atoms with van der Waals surface area (Å²) in [5.74, 6) is -0.287. The zero-order chi connectivity index (χ0) is 13.9. The standard InChI is InChI=1S/C16H16BrFO/c1-2-16(19,13-6-4-3-5-7-13)11-12-10-14(18)8-9-15(12)17/h3-10,19H,2,11H2,1H3. The maximum atomic E-state index is 13.3. The van der Waals surface area contributed by atoms with Gasteiger partial charge < -0.3 is 5.11 Å². The van der Waals surface area contributed by atoms with Crippen molar-refractivity contribution in [2.75, 3.05) is 0 Å². The largest absolute Gasteiger partial charge is 0.385 e. The van der Waals surface area contributed by atoms with Crippen LogP contribution < -0.4 is 0 Å². The molecule has 0 bridgehead atoms. The van der Waals surface area contributed by atoms with Gasteiger partial charge in [0.25, 0.3) is 0 Å². The van der Waals surface area contributed by atoms with Crippen molar-refractivity contribution in [2.45, 2.75) is 25.4 Å². The Hall–Kier alpha value is -1.19. The van der Waals surface area contributed by atoms with E-state index in [1.54, 1.807) is 6.07 Å². The Bertz CT molecular complexity index is 556. The molecule has 0 aliphatic heterocycles. The molecule has 0 fully saturated rings. The van der Waals surface area contributed by atoms with Crippen LogP contribution in [0.4, 0.5) is 4.39 Å². The highest BCUT2D eigenvalue weighted by Crippen LogP contribution is 2.32. The maximum absolute atomic E-state index is 13.3. The fourth-order valence-corrected chi connectivity index (χ4v) is 2.56. The zero-order valence-corrected chi connectivity index (χ0v) is 12.3. The van der Waals surface area contributed by atoms with Crippen LogP contribution in [0.3, 0.4) is 0 Å². The SMILES string of the molecule is CCC(O)(Cc1cc(F)ccc1Br)c1ccccc1. The molecule has 100 valence electrons. The summed E-state index contributed by atoms with van der Waals surface area (Å²) in [5, 5.41) is 10.8. The molecule has 0 radical (unpaired) electrons. The molecule has 0 aliphatic carbocycles. The van der Waals surface area contributed by atoms with Crippen molar-refractivity contribution in [3.8, 4) is 0 Å². The first kappa shape index (κ1) is 14.2. The Kier molecular flexibility index (Phi) is 4.38. The predicted octanol–water partition coefficient (Wildman–Crippen LogP) is 4.43. The molecule has 2 rings (SSSR count). The normalized spacial score (nSPS) is 14.1. The smallest absolute Gasteiger partial charge is 0.123 e. The van der Waals surface area contributed by atoms with Crippen LogP contribution in [0.15, 0.2) is 53.0 Å². The summed E-state index contributed by atoms with van der Waals surface area (Å²) < 4.78 is 14.1. The lowest BCUT2D eigenvalue weighted by atomic mass is 9.85. The highest BCUT2D eigenvalue weighted by atomic mass is 79.9. The third kappa shape index (κ3) is 3.23. The lowest BCUT2D eigenvalue weighted by molar-refractivity contribution is 0.0325. The molecule has 2 aromatic carbocycles. The van der Waals surface area contributed by atoms with Crippen LogP contribution in [0.5, 0.6) is 0 Å². The molecule has 0 spiro atoms. The summed E-state index contributed by atoms with van der Waals surface area (Å²) in [4.78, 5) is 0. The van der Waals surface area contributed by atoms with Crippen LogP contribution in [-0.2, 0) is 12.0 Å². The number of rotatable bonds is 4. The fraction of sp³-hybridized carbons (Fsp3) is 0.250. The minimum absolute atomic E-state index is 0.287. The zero-order valence-electron chi connectivity index (χ0n) is 10.7. The molecular formula is C16H16BrFO. The van der Waals surface area contributed by atoms with Gasteiger partial charge >= 0.3 is 0 Å². The third-order valence-corrected chi connectivity index (χ3v) is 4.16. The lowest BCUT2D eigenvalue weighted by Gasteiger charge is -2.28. The van der Waals surface area contributed by atoms with E-state index in [1.807, 2.05) is 37.3 Å². The Balaban J connectivity index is 2.36. The van der Waals surface area contributed by atoms with E-state index in [0.717, 1.165) is 15.6 Å². The summed E-state index contributed by atoms with van der Waals surface area (Å²) in [6.07, 6.45) is 0.950. The molecule has 0 heterocycles. The van der Waals surface area contributed by atoms with Gasteiger partial charge in [-0.25, -0.2) is 4.39 Å². The van der Waals surface area contributed by atoms with E-state index >= 15 is 0 Å². The monoisotopic (exact) mass is 322 g/mol.